The van der Waals surface area contributed by atoms with E-state index in [0.29, 0.717) is 13.0 Å². The molecule has 0 aromatic heterocycles. The number of aliphatic hydroxyl groups is 1. The van der Waals surface area contributed by atoms with Crippen LogP contribution in [0, 0.1) is 0 Å². The fourth-order valence-electron chi connectivity index (χ4n) is 1.79. The van der Waals surface area contributed by atoms with E-state index < -0.39 is 11.5 Å². The summed E-state index contributed by atoms with van der Waals surface area (Å²) >= 11 is 0. The lowest BCUT2D eigenvalue weighted by Gasteiger charge is -2.36. The highest BCUT2D eigenvalue weighted by molar-refractivity contribution is 5.83. The minimum atomic E-state index is -1.33. The molecule has 0 saturated carbocycles. The van der Waals surface area contributed by atoms with Crippen LogP contribution >= 0.6 is 0 Å². The number of amides is 1. The van der Waals surface area contributed by atoms with Gasteiger partial charge in [-0.05, 0) is 33.2 Å². The molecule has 0 aromatic carbocycles. The number of nitrogens with two attached hydrogens (primary N) is 1. The largest absolute Gasteiger partial charge is 0.379 e. The molecule has 1 aliphatic heterocycles. The topological polar surface area (TPSA) is 66.6 Å². The molecule has 3 N–H and O–H groups in total. The number of carbonyl (C=O) groups excluding carboxylic acids is 1. The third-order valence-electron chi connectivity index (χ3n) is 2.77. The molecule has 1 unspecified atom stereocenters. The molecule has 1 heterocycles. The van der Waals surface area contributed by atoms with Gasteiger partial charge < -0.3 is 10.8 Å². The Kier molecular flexibility index (Phi) is 3.88. The number of carbonyl (C=O) groups is 1. The first kappa shape index (κ1) is 12.2. The number of likely N-dealkylation sites (tertiary alicyclic amines) is 1. The maximum absolute atomic E-state index is 11.1. The quantitative estimate of drug-likeness (QED) is 0.660. The van der Waals surface area contributed by atoms with Crippen LogP contribution in [0.4, 0.5) is 0 Å². The van der Waals surface area contributed by atoms with E-state index in [0.717, 1.165) is 19.5 Å². The van der Waals surface area contributed by atoms with Crippen LogP contribution in [0.3, 0.4) is 0 Å². The van der Waals surface area contributed by atoms with Crippen molar-refractivity contribution in [3.63, 3.8) is 0 Å². The van der Waals surface area contributed by atoms with Crippen molar-refractivity contribution in [1.82, 2.24) is 4.90 Å². The molecule has 1 atom stereocenters. The van der Waals surface area contributed by atoms with Crippen LogP contribution in [0.2, 0.25) is 0 Å². The number of allylic oxidation sites excluding steroid dienone is 1. The summed E-state index contributed by atoms with van der Waals surface area (Å²) in [4.78, 5) is 13.1. The lowest BCUT2D eigenvalue weighted by molar-refractivity contribution is -0.141. The molecule has 1 amide bonds. The third-order valence-corrected chi connectivity index (χ3v) is 2.77. The minimum Gasteiger partial charge on any atom is -0.379 e. The Morgan fingerprint density at radius 2 is 2.27 bits per heavy atom. The van der Waals surface area contributed by atoms with Crippen LogP contribution in [-0.2, 0) is 4.79 Å². The Balaban J connectivity index is 2.56. The zero-order chi connectivity index (χ0) is 11.5. The van der Waals surface area contributed by atoms with Crippen molar-refractivity contribution in [2.24, 2.45) is 5.73 Å². The summed E-state index contributed by atoms with van der Waals surface area (Å²) in [6.45, 7) is 6.11. The number of hydrogen-bond acceptors (Lipinski definition) is 3. The SMILES string of the molecule is CC(C)=CCN1CCCC(O)(C(N)=O)C1. The van der Waals surface area contributed by atoms with E-state index in [9.17, 15) is 9.90 Å². The first-order chi connectivity index (χ1) is 6.94. The summed E-state index contributed by atoms with van der Waals surface area (Å²) in [5, 5.41) is 9.95. The molecule has 1 aliphatic rings. The molecular weight excluding hydrogens is 192 g/mol. The normalized spacial score (nSPS) is 27.4. The lowest BCUT2D eigenvalue weighted by atomic mass is 9.92. The zero-order valence-electron chi connectivity index (χ0n) is 9.49. The Hall–Kier alpha value is -0.870. The standard InChI is InChI=1S/C11H20N2O2/c1-9(2)4-7-13-6-3-5-11(15,8-13)10(12)14/h4,15H,3,5-8H2,1-2H3,(H2,12,14). The highest BCUT2D eigenvalue weighted by Crippen LogP contribution is 2.20. The van der Waals surface area contributed by atoms with Gasteiger partial charge in [0.1, 0.15) is 0 Å². The summed E-state index contributed by atoms with van der Waals surface area (Å²) in [5.41, 5.74) is 5.10. The number of primary amides is 1. The van der Waals surface area contributed by atoms with Crippen LogP contribution in [0.1, 0.15) is 26.7 Å². The van der Waals surface area contributed by atoms with Crippen molar-refractivity contribution in [1.29, 1.82) is 0 Å². The van der Waals surface area contributed by atoms with Crippen LogP contribution < -0.4 is 5.73 Å². The van der Waals surface area contributed by atoms with Gasteiger partial charge in [-0.15, -0.1) is 0 Å². The van der Waals surface area contributed by atoms with Gasteiger partial charge in [-0.25, -0.2) is 0 Å². The molecule has 4 heteroatoms. The average molecular weight is 212 g/mol. The molecule has 0 bridgehead atoms. The van der Waals surface area contributed by atoms with Crippen LogP contribution in [0.15, 0.2) is 11.6 Å². The number of β-amino-alcohol motifs (C(OH)–C–C–N with tert-alkyl or cyclic N) is 1. The number of piperidine rings is 1. The van der Waals surface area contributed by atoms with E-state index in [1.807, 2.05) is 13.8 Å². The van der Waals surface area contributed by atoms with Gasteiger partial charge in [0.25, 0.3) is 5.91 Å². The van der Waals surface area contributed by atoms with Gasteiger partial charge in [-0.3, -0.25) is 9.69 Å². The highest BCUT2D eigenvalue weighted by Gasteiger charge is 2.38. The van der Waals surface area contributed by atoms with Gasteiger partial charge in [0.15, 0.2) is 5.60 Å². The highest BCUT2D eigenvalue weighted by atomic mass is 16.3. The fraction of sp³-hybridized carbons (Fsp3) is 0.727. The summed E-state index contributed by atoms with van der Waals surface area (Å²) in [6.07, 6.45) is 3.39. The van der Waals surface area contributed by atoms with Crippen LogP contribution in [-0.4, -0.2) is 41.1 Å². The van der Waals surface area contributed by atoms with Crippen molar-refractivity contribution in [2.45, 2.75) is 32.3 Å². The molecule has 0 aromatic rings. The van der Waals surface area contributed by atoms with Crippen molar-refractivity contribution in [3.05, 3.63) is 11.6 Å². The van der Waals surface area contributed by atoms with E-state index in [1.54, 1.807) is 0 Å². The average Bonchev–Trinajstić information content (AvgIpc) is 2.15. The van der Waals surface area contributed by atoms with Crippen LogP contribution in [0.25, 0.3) is 0 Å². The Morgan fingerprint density at radius 1 is 1.60 bits per heavy atom. The van der Waals surface area contributed by atoms with Crippen molar-refractivity contribution >= 4 is 5.91 Å². The van der Waals surface area contributed by atoms with Crippen LogP contribution in [0.5, 0.6) is 0 Å². The minimum absolute atomic E-state index is 0.353. The number of hydrogen-bond donors (Lipinski definition) is 2. The molecule has 1 fully saturated rings. The predicted octanol–water partition coefficient (Wildman–Crippen LogP) is 0.265. The molecule has 1 saturated heterocycles. The Labute approximate surface area is 90.7 Å². The second-order valence-electron chi connectivity index (χ2n) is 4.52. The van der Waals surface area contributed by atoms with E-state index in [4.69, 9.17) is 5.73 Å². The second-order valence-corrected chi connectivity index (χ2v) is 4.52. The molecule has 0 spiro atoms. The summed E-state index contributed by atoms with van der Waals surface area (Å²) in [6, 6.07) is 0. The maximum atomic E-state index is 11.1. The maximum Gasteiger partial charge on any atom is 0.250 e. The molecule has 1 rings (SSSR count). The fourth-order valence-corrected chi connectivity index (χ4v) is 1.79. The first-order valence-electron chi connectivity index (χ1n) is 5.32. The first-order valence-corrected chi connectivity index (χ1v) is 5.32. The molecule has 0 radical (unpaired) electrons. The van der Waals surface area contributed by atoms with E-state index in [1.165, 1.54) is 5.57 Å². The van der Waals surface area contributed by atoms with Crippen molar-refractivity contribution in [2.75, 3.05) is 19.6 Å². The van der Waals surface area contributed by atoms with Gasteiger partial charge in [0.2, 0.25) is 0 Å². The summed E-state index contributed by atoms with van der Waals surface area (Å²) in [7, 11) is 0. The Morgan fingerprint density at radius 3 is 2.80 bits per heavy atom. The smallest absolute Gasteiger partial charge is 0.250 e. The zero-order valence-corrected chi connectivity index (χ0v) is 9.49. The van der Waals surface area contributed by atoms with Gasteiger partial charge in [-0.2, -0.15) is 0 Å². The number of rotatable bonds is 3. The molecule has 4 nitrogen and oxygen atoms in total. The van der Waals surface area contributed by atoms with Gasteiger partial charge >= 0.3 is 0 Å². The van der Waals surface area contributed by atoms with E-state index in [2.05, 4.69) is 11.0 Å². The van der Waals surface area contributed by atoms with Crippen molar-refractivity contribution < 1.29 is 9.90 Å². The third kappa shape index (κ3) is 3.32. The molecule has 15 heavy (non-hydrogen) atoms. The summed E-state index contributed by atoms with van der Waals surface area (Å²) in [5.74, 6) is -0.607. The van der Waals surface area contributed by atoms with Gasteiger partial charge in [0, 0.05) is 13.1 Å². The van der Waals surface area contributed by atoms with Gasteiger partial charge in [0.05, 0.1) is 0 Å². The Bertz CT molecular complexity index is 272. The molecular formula is C11H20N2O2. The number of nitrogens with zero attached hydrogens (tertiary/aromatic N) is 1. The van der Waals surface area contributed by atoms with E-state index in [-0.39, 0.29) is 0 Å². The van der Waals surface area contributed by atoms with E-state index >= 15 is 0 Å². The molecule has 86 valence electrons. The second kappa shape index (κ2) is 4.77. The molecule has 0 aliphatic carbocycles. The lowest BCUT2D eigenvalue weighted by Crippen LogP contribution is -2.55. The predicted molar refractivity (Wildman–Crippen MR) is 59.2 cm³/mol. The van der Waals surface area contributed by atoms with Gasteiger partial charge in [-0.1, -0.05) is 11.6 Å². The monoisotopic (exact) mass is 212 g/mol. The van der Waals surface area contributed by atoms with Crippen molar-refractivity contribution in [3.8, 4) is 0 Å². The summed E-state index contributed by atoms with van der Waals surface area (Å²) < 4.78 is 0.